The maximum Gasteiger partial charge on any atom is 0.200 e. The Morgan fingerprint density at radius 1 is 0.913 bits per heavy atom. The quantitative estimate of drug-likeness (QED) is 0.770. The standard InChI is InChI=1S/C20H22O3/c1-12-10-13(2)20(15(4)14(12)3)19(22)11-23-18-8-6-17(7-9-18)16(5)21/h6-10H,11H2,1-5H3. The van der Waals surface area contributed by atoms with Gasteiger partial charge in [0.1, 0.15) is 5.75 Å². The molecule has 3 heteroatoms. The third-order valence-electron chi connectivity index (χ3n) is 4.27. The Balaban J connectivity index is 2.14. The fraction of sp³-hybridized carbons (Fsp3) is 0.300. The third kappa shape index (κ3) is 3.67. The van der Waals surface area contributed by atoms with Crippen LogP contribution in [0.3, 0.4) is 0 Å². The zero-order chi connectivity index (χ0) is 17.1. The Morgan fingerprint density at radius 2 is 1.52 bits per heavy atom. The number of carbonyl (C=O) groups excluding carboxylic acids is 2. The van der Waals surface area contributed by atoms with Crippen molar-refractivity contribution in [2.24, 2.45) is 0 Å². The molecule has 3 nitrogen and oxygen atoms in total. The molecule has 2 aromatic rings. The summed E-state index contributed by atoms with van der Waals surface area (Å²) in [6.45, 7) is 9.52. The predicted octanol–water partition coefficient (Wildman–Crippen LogP) is 4.38. The first-order valence-corrected chi connectivity index (χ1v) is 7.65. The van der Waals surface area contributed by atoms with Gasteiger partial charge in [0, 0.05) is 11.1 Å². The minimum absolute atomic E-state index is 0.00834. The maximum atomic E-state index is 12.5. The lowest BCUT2D eigenvalue weighted by Crippen LogP contribution is -2.15. The molecule has 23 heavy (non-hydrogen) atoms. The lowest BCUT2D eigenvalue weighted by Gasteiger charge is -2.14. The minimum Gasteiger partial charge on any atom is -0.485 e. The van der Waals surface area contributed by atoms with E-state index in [-0.39, 0.29) is 18.2 Å². The van der Waals surface area contributed by atoms with E-state index in [0.29, 0.717) is 11.3 Å². The molecule has 0 radical (unpaired) electrons. The van der Waals surface area contributed by atoms with Crippen molar-refractivity contribution in [1.82, 2.24) is 0 Å². The van der Waals surface area contributed by atoms with E-state index < -0.39 is 0 Å². The first kappa shape index (κ1) is 16.9. The van der Waals surface area contributed by atoms with Crippen LogP contribution in [0.15, 0.2) is 30.3 Å². The first-order chi connectivity index (χ1) is 10.8. The van der Waals surface area contributed by atoms with Crippen molar-refractivity contribution in [2.75, 3.05) is 6.61 Å². The molecule has 0 atom stereocenters. The van der Waals surface area contributed by atoms with Gasteiger partial charge >= 0.3 is 0 Å². The number of hydrogen-bond donors (Lipinski definition) is 0. The Kier molecular flexibility index (Phi) is 4.99. The zero-order valence-electron chi connectivity index (χ0n) is 14.3. The molecule has 0 aliphatic heterocycles. The number of ketones is 2. The van der Waals surface area contributed by atoms with E-state index in [1.165, 1.54) is 12.5 Å². The summed E-state index contributed by atoms with van der Waals surface area (Å²) in [5.41, 5.74) is 5.70. The molecule has 0 fully saturated rings. The lowest BCUT2D eigenvalue weighted by atomic mass is 9.92. The number of rotatable bonds is 5. The highest BCUT2D eigenvalue weighted by molar-refractivity contribution is 6.00. The number of carbonyl (C=O) groups is 2. The Morgan fingerprint density at radius 3 is 2.09 bits per heavy atom. The average molecular weight is 310 g/mol. The minimum atomic E-state index is -0.0289. The van der Waals surface area contributed by atoms with E-state index in [1.807, 2.05) is 26.8 Å². The van der Waals surface area contributed by atoms with Crippen LogP contribution in [0.25, 0.3) is 0 Å². The molecule has 0 aromatic heterocycles. The van der Waals surface area contributed by atoms with Gasteiger partial charge in [0.15, 0.2) is 12.4 Å². The molecule has 2 aromatic carbocycles. The average Bonchev–Trinajstić information content (AvgIpc) is 2.51. The summed E-state index contributed by atoms with van der Waals surface area (Å²) in [6, 6.07) is 8.87. The molecular formula is C20H22O3. The van der Waals surface area contributed by atoms with Crippen LogP contribution < -0.4 is 4.74 Å². The van der Waals surface area contributed by atoms with Crippen LogP contribution in [0.1, 0.15) is 49.9 Å². The van der Waals surface area contributed by atoms with Gasteiger partial charge in [0.25, 0.3) is 0 Å². The highest BCUT2D eigenvalue weighted by Crippen LogP contribution is 2.22. The van der Waals surface area contributed by atoms with Gasteiger partial charge in [-0.3, -0.25) is 9.59 Å². The molecule has 0 spiro atoms. The molecule has 0 bridgehead atoms. The second-order valence-corrected chi connectivity index (χ2v) is 5.93. The lowest BCUT2D eigenvalue weighted by molar-refractivity contribution is 0.0919. The fourth-order valence-electron chi connectivity index (χ4n) is 2.72. The third-order valence-corrected chi connectivity index (χ3v) is 4.27. The van der Waals surface area contributed by atoms with E-state index in [1.54, 1.807) is 24.3 Å². The molecule has 0 amide bonds. The molecule has 0 aliphatic rings. The molecule has 0 unspecified atom stereocenters. The first-order valence-electron chi connectivity index (χ1n) is 7.65. The maximum absolute atomic E-state index is 12.5. The van der Waals surface area contributed by atoms with Crippen molar-refractivity contribution in [3.63, 3.8) is 0 Å². The highest BCUT2D eigenvalue weighted by Gasteiger charge is 2.16. The normalized spacial score (nSPS) is 10.5. The number of aryl methyl sites for hydroxylation is 2. The number of ether oxygens (including phenoxy) is 1. The molecule has 0 heterocycles. The number of Topliss-reactive ketones (excluding diaryl/α,β-unsaturated/α-hetero) is 2. The van der Waals surface area contributed by atoms with Gasteiger partial charge in [-0.15, -0.1) is 0 Å². The van der Waals surface area contributed by atoms with Crippen LogP contribution in [0.4, 0.5) is 0 Å². The van der Waals surface area contributed by atoms with E-state index in [0.717, 1.165) is 22.3 Å². The molecule has 0 aliphatic carbocycles. The van der Waals surface area contributed by atoms with Crippen molar-refractivity contribution < 1.29 is 14.3 Å². The molecule has 0 saturated heterocycles. The fourth-order valence-corrected chi connectivity index (χ4v) is 2.72. The zero-order valence-corrected chi connectivity index (χ0v) is 14.3. The Bertz CT molecular complexity index is 755. The summed E-state index contributed by atoms with van der Waals surface area (Å²) in [5, 5.41) is 0. The second kappa shape index (κ2) is 6.78. The van der Waals surface area contributed by atoms with Crippen LogP contribution in [0.2, 0.25) is 0 Å². The van der Waals surface area contributed by atoms with E-state index in [9.17, 15) is 9.59 Å². The molecule has 0 N–H and O–H groups in total. The van der Waals surface area contributed by atoms with Crippen molar-refractivity contribution in [1.29, 1.82) is 0 Å². The van der Waals surface area contributed by atoms with Gasteiger partial charge in [-0.1, -0.05) is 6.07 Å². The van der Waals surface area contributed by atoms with E-state index >= 15 is 0 Å². The second-order valence-electron chi connectivity index (χ2n) is 5.93. The molecular weight excluding hydrogens is 288 g/mol. The van der Waals surface area contributed by atoms with E-state index in [4.69, 9.17) is 4.74 Å². The molecule has 120 valence electrons. The van der Waals surface area contributed by atoms with Crippen LogP contribution in [-0.2, 0) is 0 Å². The predicted molar refractivity (Wildman–Crippen MR) is 91.7 cm³/mol. The summed E-state index contributed by atoms with van der Waals surface area (Å²) in [4.78, 5) is 23.8. The van der Waals surface area contributed by atoms with Crippen molar-refractivity contribution in [3.05, 3.63) is 63.7 Å². The smallest absolute Gasteiger partial charge is 0.200 e. The number of benzene rings is 2. The van der Waals surface area contributed by atoms with Crippen LogP contribution in [-0.4, -0.2) is 18.2 Å². The Hall–Kier alpha value is -2.42. The highest BCUT2D eigenvalue weighted by atomic mass is 16.5. The summed E-state index contributed by atoms with van der Waals surface area (Å²) in [7, 11) is 0. The van der Waals surface area contributed by atoms with E-state index in [2.05, 4.69) is 6.92 Å². The largest absolute Gasteiger partial charge is 0.485 e. The summed E-state index contributed by atoms with van der Waals surface area (Å²) >= 11 is 0. The van der Waals surface area contributed by atoms with Crippen molar-refractivity contribution >= 4 is 11.6 Å². The summed E-state index contributed by atoms with van der Waals surface area (Å²) in [5.74, 6) is 0.565. The van der Waals surface area contributed by atoms with Gasteiger partial charge in [0.2, 0.25) is 5.78 Å². The number of hydrogen-bond acceptors (Lipinski definition) is 3. The summed E-state index contributed by atoms with van der Waals surface area (Å²) in [6.07, 6.45) is 0. The topological polar surface area (TPSA) is 43.4 Å². The van der Waals surface area contributed by atoms with Gasteiger partial charge in [-0.2, -0.15) is 0 Å². The Labute approximate surface area is 137 Å². The monoisotopic (exact) mass is 310 g/mol. The van der Waals surface area contributed by atoms with Gasteiger partial charge in [0.05, 0.1) is 0 Å². The van der Waals surface area contributed by atoms with Crippen molar-refractivity contribution in [2.45, 2.75) is 34.6 Å². The van der Waals surface area contributed by atoms with Gasteiger partial charge < -0.3 is 4.74 Å². The van der Waals surface area contributed by atoms with Crippen LogP contribution in [0, 0.1) is 27.7 Å². The molecule has 2 rings (SSSR count). The summed E-state index contributed by atoms with van der Waals surface area (Å²) < 4.78 is 5.58. The molecule has 0 saturated carbocycles. The SMILES string of the molecule is CC(=O)c1ccc(OCC(=O)c2c(C)cc(C)c(C)c2C)cc1. The van der Waals surface area contributed by atoms with Crippen LogP contribution in [0.5, 0.6) is 5.75 Å². The van der Waals surface area contributed by atoms with Crippen LogP contribution >= 0.6 is 0 Å². The van der Waals surface area contributed by atoms with Gasteiger partial charge in [-0.05, 0) is 81.1 Å². The van der Waals surface area contributed by atoms with Crippen molar-refractivity contribution in [3.8, 4) is 5.75 Å². The van der Waals surface area contributed by atoms with Gasteiger partial charge in [-0.25, -0.2) is 0 Å².